The van der Waals surface area contributed by atoms with Crippen LogP contribution in [0.15, 0.2) is 42.5 Å². The molecule has 1 aliphatic carbocycles. The Kier molecular flexibility index (Phi) is 5.21. The maximum atomic E-state index is 14.5. The van der Waals surface area contributed by atoms with Crippen LogP contribution in [0.2, 0.25) is 0 Å². The van der Waals surface area contributed by atoms with Crippen molar-refractivity contribution >= 4 is 5.97 Å². The molecule has 2 aliphatic rings. The molecule has 0 spiro atoms. The molecule has 0 bridgehead atoms. The van der Waals surface area contributed by atoms with E-state index >= 15 is 0 Å². The molecule has 0 aromatic heterocycles. The first-order chi connectivity index (χ1) is 13.5. The van der Waals surface area contributed by atoms with Crippen molar-refractivity contribution in [2.45, 2.75) is 30.8 Å². The van der Waals surface area contributed by atoms with Gasteiger partial charge in [-0.1, -0.05) is 24.3 Å². The number of likely N-dealkylation sites (tertiary alicyclic amines) is 1. The number of ether oxygens (including phenoxy) is 1. The Hall–Kier alpha value is -2.24. The highest BCUT2D eigenvalue weighted by atomic mass is 19.1. The highest BCUT2D eigenvalue weighted by Crippen LogP contribution is 2.42. The van der Waals surface area contributed by atoms with Gasteiger partial charge in [-0.25, -0.2) is 9.18 Å². The zero-order chi connectivity index (χ0) is 19.8. The summed E-state index contributed by atoms with van der Waals surface area (Å²) in [7, 11) is 5.60. The molecule has 3 atom stereocenters. The van der Waals surface area contributed by atoms with E-state index in [1.165, 1.54) is 12.7 Å². The van der Waals surface area contributed by atoms with Gasteiger partial charge in [-0.2, -0.15) is 0 Å². The van der Waals surface area contributed by atoms with E-state index in [-0.39, 0.29) is 17.8 Å². The third-order valence-electron chi connectivity index (χ3n) is 6.34. The fourth-order valence-corrected chi connectivity index (χ4v) is 4.88. The van der Waals surface area contributed by atoms with Crippen LogP contribution in [-0.2, 0) is 11.2 Å². The number of benzene rings is 2. The SMILES string of the molecule is COC(=O)c1ccc([C@@H]2CN(C3CCc4cccc(F)c43)C[C@H]2N(C)C)cc1. The number of aryl methyl sites for hydroxylation is 1. The molecule has 4 nitrogen and oxygen atoms in total. The maximum Gasteiger partial charge on any atom is 0.337 e. The minimum Gasteiger partial charge on any atom is -0.465 e. The predicted octanol–water partition coefficient (Wildman–Crippen LogP) is 3.63. The first kappa shape index (κ1) is 19.1. The molecule has 1 fully saturated rings. The van der Waals surface area contributed by atoms with Crippen LogP contribution in [0.5, 0.6) is 0 Å². The summed E-state index contributed by atoms with van der Waals surface area (Å²) in [5.41, 5.74) is 3.81. The standard InChI is InChI=1S/C23H27FN2O2/c1-25(2)21-14-26(20-12-11-16-5-4-6-19(24)22(16)20)13-18(21)15-7-9-17(10-8-15)23(27)28-3/h4-10,18,20-21H,11-14H2,1-3H3/t18-,20?,21+/m0/s1. The Morgan fingerprint density at radius 2 is 1.89 bits per heavy atom. The van der Waals surface area contributed by atoms with Gasteiger partial charge in [-0.05, 0) is 56.3 Å². The number of hydrogen-bond donors (Lipinski definition) is 0. The summed E-state index contributed by atoms with van der Waals surface area (Å²) in [5.74, 6) is -0.0772. The second kappa shape index (κ2) is 7.64. The number of rotatable bonds is 4. The van der Waals surface area contributed by atoms with E-state index in [9.17, 15) is 9.18 Å². The Labute approximate surface area is 165 Å². The van der Waals surface area contributed by atoms with E-state index < -0.39 is 0 Å². The van der Waals surface area contributed by atoms with Gasteiger partial charge in [0.2, 0.25) is 0 Å². The Balaban J connectivity index is 1.59. The molecule has 4 rings (SSSR count). The Morgan fingerprint density at radius 1 is 1.14 bits per heavy atom. The van der Waals surface area contributed by atoms with Gasteiger partial charge in [-0.3, -0.25) is 4.90 Å². The van der Waals surface area contributed by atoms with Crippen LogP contribution in [0, 0.1) is 5.82 Å². The molecule has 28 heavy (non-hydrogen) atoms. The van der Waals surface area contributed by atoms with E-state index in [1.807, 2.05) is 30.3 Å². The van der Waals surface area contributed by atoms with E-state index in [4.69, 9.17) is 4.74 Å². The largest absolute Gasteiger partial charge is 0.465 e. The fourth-order valence-electron chi connectivity index (χ4n) is 4.88. The average Bonchev–Trinajstić information content (AvgIpc) is 3.32. The van der Waals surface area contributed by atoms with Crippen LogP contribution in [0.4, 0.5) is 4.39 Å². The maximum absolute atomic E-state index is 14.5. The smallest absolute Gasteiger partial charge is 0.337 e. The topological polar surface area (TPSA) is 32.8 Å². The quantitative estimate of drug-likeness (QED) is 0.756. The lowest BCUT2D eigenvalue weighted by Gasteiger charge is -2.26. The summed E-state index contributed by atoms with van der Waals surface area (Å²) >= 11 is 0. The lowest BCUT2D eigenvalue weighted by atomic mass is 9.93. The molecule has 148 valence electrons. The molecule has 1 heterocycles. The van der Waals surface area contributed by atoms with Crippen LogP contribution >= 0.6 is 0 Å². The van der Waals surface area contributed by atoms with Crippen molar-refractivity contribution in [2.24, 2.45) is 0 Å². The lowest BCUT2D eigenvalue weighted by Crippen LogP contribution is -2.35. The summed E-state index contributed by atoms with van der Waals surface area (Å²) in [5, 5.41) is 0. The van der Waals surface area contributed by atoms with Crippen molar-refractivity contribution in [3.8, 4) is 0 Å². The molecule has 1 aliphatic heterocycles. The minimum atomic E-state index is -0.318. The normalized spacial score (nSPS) is 24.5. The molecular weight excluding hydrogens is 355 g/mol. The summed E-state index contributed by atoms with van der Waals surface area (Å²) in [6.45, 7) is 1.80. The minimum absolute atomic E-state index is 0.0766. The Bertz CT molecular complexity index is 865. The number of halogens is 1. The van der Waals surface area contributed by atoms with E-state index in [2.05, 4.69) is 30.0 Å². The van der Waals surface area contributed by atoms with Crippen LogP contribution in [0.1, 0.15) is 45.4 Å². The highest BCUT2D eigenvalue weighted by molar-refractivity contribution is 5.89. The van der Waals surface area contributed by atoms with Crippen LogP contribution < -0.4 is 0 Å². The third-order valence-corrected chi connectivity index (χ3v) is 6.34. The average molecular weight is 382 g/mol. The Morgan fingerprint density at radius 3 is 2.57 bits per heavy atom. The molecular formula is C23H27FN2O2. The first-order valence-corrected chi connectivity index (χ1v) is 9.85. The van der Waals surface area contributed by atoms with E-state index in [1.54, 1.807) is 6.07 Å². The molecule has 2 aromatic rings. The predicted molar refractivity (Wildman–Crippen MR) is 107 cm³/mol. The van der Waals surface area contributed by atoms with Crippen LogP contribution in [-0.4, -0.2) is 56.1 Å². The van der Waals surface area contributed by atoms with Crippen molar-refractivity contribution in [1.82, 2.24) is 9.80 Å². The number of methoxy groups -OCH3 is 1. The number of carbonyl (C=O) groups excluding carboxylic acids is 1. The molecule has 1 unspecified atom stereocenters. The number of carbonyl (C=O) groups is 1. The van der Waals surface area contributed by atoms with Crippen molar-refractivity contribution in [3.05, 3.63) is 70.5 Å². The highest BCUT2D eigenvalue weighted by Gasteiger charge is 2.41. The number of fused-ring (bicyclic) bond motifs is 1. The van der Waals surface area contributed by atoms with E-state index in [0.717, 1.165) is 37.1 Å². The zero-order valence-corrected chi connectivity index (χ0v) is 16.7. The molecule has 0 amide bonds. The summed E-state index contributed by atoms with van der Waals surface area (Å²) < 4.78 is 19.3. The van der Waals surface area contributed by atoms with Crippen LogP contribution in [0.25, 0.3) is 0 Å². The third kappa shape index (κ3) is 3.33. The van der Waals surface area contributed by atoms with Gasteiger partial charge >= 0.3 is 5.97 Å². The molecule has 5 heteroatoms. The second-order valence-electron chi connectivity index (χ2n) is 8.07. The number of hydrogen-bond acceptors (Lipinski definition) is 4. The fraction of sp³-hybridized carbons (Fsp3) is 0.435. The van der Waals surface area contributed by atoms with Crippen molar-refractivity contribution in [1.29, 1.82) is 0 Å². The molecule has 0 N–H and O–H groups in total. The second-order valence-corrected chi connectivity index (χ2v) is 8.07. The first-order valence-electron chi connectivity index (χ1n) is 9.85. The van der Waals surface area contributed by atoms with Gasteiger partial charge in [0.25, 0.3) is 0 Å². The molecule has 1 saturated heterocycles. The van der Waals surface area contributed by atoms with Gasteiger partial charge in [0.1, 0.15) is 5.82 Å². The lowest BCUT2D eigenvalue weighted by molar-refractivity contribution is 0.0600. The number of nitrogens with zero attached hydrogens (tertiary/aromatic N) is 2. The van der Waals surface area contributed by atoms with Crippen molar-refractivity contribution < 1.29 is 13.9 Å². The van der Waals surface area contributed by atoms with Gasteiger partial charge in [0, 0.05) is 36.7 Å². The van der Waals surface area contributed by atoms with E-state index in [0.29, 0.717) is 17.5 Å². The number of likely N-dealkylation sites (N-methyl/N-ethyl adjacent to an activating group) is 1. The van der Waals surface area contributed by atoms with Gasteiger partial charge in [0.15, 0.2) is 0 Å². The van der Waals surface area contributed by atoms with Gasteiger partial charge in [0.05, 0.1) is 12.7 Å². The van der Waals surface area contributed by atoms with Gasteiger partial charge in [-0.15, -0.1) is 0 Å². The molecule has 0 saturated carbocycles. The number of esters is 1. The van der Waals surface area contributed by atoms with Crippen LogP contribution in [0.3, 0.4) is 0 Å². The zero-order valence-electron chi connectivity index (χ0n) is 16.7. The summed E-state index contributed by atoms with van der Waals surface area (Å²) in [6.07, 6.45) is 1.92. The summed E-state index contributed by atoms with van der Waals surface area (Å²) in [4.78, 5) is 16.4. The van der Waals surface area contributed by atoms with Crippen molar-refractivity contribution in [2.75, 3.05) is 34.3 Å². The molecule has 2 aromatic carbocycles. The summed E-state index contributed by atoms with van der Waals surface area (Å²) in [6, 6.07) is 13.7. The monoisotopic (exact) mass is 382 g/mol. The van der Waals surface area contributed by atoms with Crippen molar-refractivity contribution in [3.63, 3.8) is 0 Å². The van der Waals surface area contributed by atoms with Gasteiger partial charge < -0.3 is 9.64 Å². The molecule has 0 radical (unpaired) electrons.